The first-order chi connectivity index (χ1) is 19.8. The van der Waals surface area contributed by atoms with Crippen molar-refractivity contribution in [2.45, 2.75) is 57.2 Å². The van der Waals surface area contributed by atoms with Crippen molar-refractivity contribution in [3.8, 4) is 0 Å². The first-order valence-corrected chi connectivity index (χ1v) is 14.5. The summed E-state index contributed by atoms with van der Waals surface area (Å²) in [4.78, 5) is 50.1. The molecule has 0 saturated carbocycles. The molecule has 4 heterocycles. The summed E-state index contributed by atoms with van der Waals surface area (Å²) in [7, 11) is 5.57. The molecule has 2 aliphatic heterocycles. The van der Waals surface area contributed by atoms with Crippen molar-refractivity contribution in [3.05, 3.63) is 53.9 Å². The summed E-state index contributed by atoms with van der Waals surface area (Å²) in [5.41, 5.74) is 3.69. The second-order valence-electron chi connectivity index (χ2n) is 11.5. The number of likely N-dealkylation sites (tertiary alicyclic amines) is 2. The number of benzene rings is 1. The molecule has 0 spiro atoms. The van der Waals surface area contributed by atoms with Crippen LogP contribution in [0.15, 0.2) is 42.7 Å². The van der Waals surface area contributed by atoms with E-state index in [2.05, 4.69) is 20.6 Å². The maximum atomic E-state index is 14.0. The molecule has 0 radical (unpaired) electrons. The Morgan fingerprint density at radius 1 is 1.12 bits per heavy atom. The summed E-state index contributed by atoms with van der Waals surface area (Å²) in [5, 5.41) is 11.3. The minimum absolute atomic E-state index is 0.0981. The maximum Gasteiger partial charge on any atom is 0.243 e. The van der Waals surface area contributed by atoms with Crippen molar-refractivity contribution in [1.29, 1.82) is 0 Å². The normalized spacial score (nSPS) is 19.7. The number of aryl methyl sites for hydroxylation is 1. The van der Waals surface area contributed by atoms with Crippen LogP contribution in [0.2, 0.25) is 0 Å². The number of carbonyl (C=O) groups is 3. The Labute approximate surface area is 240 Å². The zero-order chi connectivity index (χ0) is 28.9. The number of fused-ring (bicyclic) bond motifs is 1. The van der Waals surface area contributed by atoms with E-state index in [1.807, 2.05) is 67.5 Å². The van der Waals surface area contributed by atoms with Crippen molar-refractivity contribution >= 4 is 28.8 Å². The van der Waals surface area contributed by atoms with Gasteiger partial charge in [-0.25, -0.2) is 4.68 Å². The van der Waals surface area contributed by atoms with Gasteiger partial charge in [-0.1, -0.05) is 17.3 Å². The summed E-state index contributed by atoms with van der Waals surface area (Å²) >= 11 is 0. The number of carbonyl (C=O) groups excluding carboxylic acids is 3. The highest BCUT2D eigenvalue weighted by Gasteiger charge is 2.42. The van der Waals surface area contributed by atoms with Crippen LogP contribution in [-0.4, -0.2) is 98.2 Å². The number of aromatic nitrogens is 4. The monoisotopic (exact) mass is 560 g/mol. The first-order valence-electron chi connectivity index (χ1n) is 14.5. The lowest BCUT2D eigenvalue weighted by Crippen LogP contribution is -2.52. The number of hydrogen-bond donors (Lipinski definition) is 1. The molecule has 0 bridgehead atoms. The SMILES string of the molecule is CN(C)C(CCC(=O)N1CCCC1)C(=O)N1CC(Cc2cccnc2)CC1C(=O)NCc1ccc2c(c1)nnn2C. The van der Waals surface area contributed by atoms with E-state index in [0.717, 1.165) is 54.5 Å². The molecule has 2 fully saturated rings. The molecule has 2 aliphatic rings. The lowest BCUT2D eigenvalue weighted by molar-refractivity contribution is -0.142. The van der Waals surface area contributed by atoms with Crippen molar-refractivity contribution in [3.63, 3.8) is 0 Å². The van der Waals surface area contributed by atoms with Crippen LogP contribution in [0.4, 0.5) is 0 Å². The van der Waals surface area contributed by atoms with Gasteiger partial charge in [0.1, 0.15) is 11.6 Å². The lowest BCUT2D eigenvalue weighted by atomic mass is 9.97. The summed E-state index contributed by atoms with van der Waals surface area (Å²) in [6, 6.07) is 8.69. The Bertz CT molecular complexity index is 1370. The highest BCUT2D eigenvalue weighted by atomic mass is 16.2. The number of amides is 3. The van der Waals surface area contributed by atoms with Crippen LogP contribution in [0.1, 0.15) is 43.2 Å². The predicted octanol–water partition coefficient (Wildman–Crippen LogP) is 1.77. The molecule has 3 atom stereocenters. The van der Waals surface area contributed by atoms with Gasteiger partial charge in [0.05, 0.1) is 11.6 Å². The quantitative estimate of drug-likeness (QED) is 0.402. The van der Waals surface area contributed by atoms with Gasteiger partial charge in [-0.3, -0.25) is 24.3 Å². The van der Waals surface area contributed by atoms with Gasteiger partial charge in [0.25, 0.3) is 0 Å². The summed E-state index contributed by atoms with van der Waals surface area (Å²) in [5.74, 6) is -0.0350. The second-order valence-corrected chi connectivity index (χ2v) is 11.5. The van der Waals surface area contributed by atoms with Crippen LogP contribution in [-0.2, 0) is 34.4 Å². The van der Waals surface area contributed by atoms with Crippen molar-refractivity contribution < 1.29 is 14.4 Å². The van der Waals surface area contributed by atoms with Crippen LogP contribution in [0, 0.1) is 5.92 Å². The second kappa shape index (κ2) is 12.8. The highest BCUT2D eigenvalue weighted by molar-refractivity contribution is 5.91. The zero-order valence-electron chi connectivity index (χ0n) is 24.2. The van der Waals surface area contributed by atoms with Gasteiger partial charge < -0.3 is 15.1 Å². The summed E-state index contributed by atoms with van der Waals surface area (Å²) < 4.78 is 1.71. The standard InChI is InChI=1S/C30H40N8O3/c1-35(2)26(10-11-28(39)37-13-4-5-14-37)30(41)38-20-23(15-21-7-6-12-31-18-21)17-27(38)29(40)32-19-22-8-9-25-24(16-22)33-34-36(25)3/h6-9,12,16,18,23,26-27H,4-5,10-11,13-15,17,19-20H2,1-3H3,(H,32,40). The smallest absolute Gasteiger partial charge is 0.243 e. The van der Waals surface area contributed by atoms with Gasteiger partial charge in [0, 0.05) is 52.0 Å². The van der Waals surface area contributed by atoms with Gasteiger partial charge in [0.15, 0.2) is 0 Å². The Morgan fingerprint density at radius 3 is 2.66 bits per heavy atom. The van der Waals surface area contributed by atoms with Gasteiger partial charge in [-0.15, -0.1) is 5.10 Å². The molecule has 3 amide bonds. The van der Waals surface area contributed by atoms with Crippen molar-refractivity contribution in [2.24, 2.45) is 13.0 Å². The van der Waals surface area contributed by atoms with E-state index in [-0.39, 0.29) is 23.6 Å². The third-order valence-electron chi connectivity index (χ3n) is 8.36. The van der Waals surface area contributed by atoms with Gasteiger partial charge in [0.2, 0.25) is 17.7 Å². The Kier molecular flexibility index (Phi) is 8.92. The topological polar surface area (TPSA) is 117 Å². The number of rotatable bonds is 10. The largest absolute Gasteiger partial charge is 0.350 e. The molecule has 11 heteroatoms. The molecule has 1 aromatic carbocycles. The molecule has 0 aliphatic carbocycles. The maximum absolute atomic E-state index is 14.0. The van der Waals surface area contributed by atoms with Gasteiger partial charge in [-0.05, 0) is 81.4 Å². The van der Waals surface area contributed by atoms with E-state index < -0.39 is 12.1 Å². The molecule has 3 unspecified atom stereocenters. The molecule has 3 aromatic rings. The Morgan fingerprint density at radius 2 is 1.93 bits per heavy atom. The fourth-order valence-corrected chi connectivity index (χ4v) is 6.10. The van der Waals surface area contributed by atoms with E-state index in [1.54, 1.807) is 15.8 Å². The zero-order valence-corrected chi connectivity index (χ0v) is 24.2. The van der Waals surface area contributed by atoms with Crippen LogP contribution in [0.25, 0.3) is 11.0 Å². The first kappa shape index (κ1) is 28.7. The average Bonchev–Trinajstić information content (AvgIpc) is 3.73. The van der Waals surface area contributed by atoms with E-state index in [0.29, 0.717) is 32.4 Å². The number of nitrogens with one attached hydrogen (secondary N) is 1. The fourth-order valence-electron chi connectivity index (χ4n) is 6.10. The molecule has 5 rings (SSSR count). The van der Waals surface area contributed by atoms with Gasteiger partial charge >= 0.3 is 0 Å². The highest BCUT2D eigenvalue weighted by Crippen LogP contribution is 2.29. The van der Waals surface area contributed by atoms with Crippen LogP contribution < -0.4 is 5.32 Å². The minimum Gasteiger partial charge on any atom is -0.350 e. The average molecular weight is 561 g/mol. The Balaban J connectivity index is 1.29. The molecule has 11 nitrogen and oxygen atoms in total. The van der Waals surface area contributed by atoms with Crippen molar-refractivity contribution in [1.82, 2.24) is 40.0 Å². The molecule has 41 heavy (non-hydrogen) atoms. The van der Waals surface area contributed by atoms with Crippen molar-refractivity contribution in [2.75, 3.05) is 33.7 Å². The fraction of sp³-hybridized carbons (Fsp3) is 0.533. The number of hydrogen-bond acceptors (Lipinski definition) is 7. The minimum atomic E-state index is -0.582. The van der Waals surface area contributed by atoms with E-state index >= 15 is 0 Å². The summed E-state index contributed by atoms with van der Waals surface area (Å²) in [6.45, 7) is 2.42. The molecule has 218 valence electrons. The predicted molar refractivity (Wildman–Crippen MR) is 154 cm³/mol. The van der Waals surface area contributed by atoms with E-state index in [9.17, 15) is 14.4 Å². The molecular weight excluding hydrogens is 520 g/mol. The lowest BCUT2D eigenvalue weighted by Gasteiger charge is -2.31. The third kappa shape index (κ3) is 6.73. The van der Waals surface area contributed by atoms with E-state index in [4.69, 9.17) is 0 Å². The number of nitrogens with zero attached hydrogens (tertiary/aromatic N) is 7. The molecule has 1 N–H and O–H groups in total. The van der Waals surface area contributed by atoms with Crippen LogP contribution in [0.5, 0.6) is 0 Å². The Hall–Kier alpha value is -3.86. The number of likely N-dealkylation sites (N-methyl/N-ethyl adjacent to an activating group) is 1. The molecule has 2 saturated heterocycles. The summed E-state index contributed by atoms with van der Waals surface area (Å²) in [6.07, 6.45) is 7.73. The van der Waals surface area contributed by atoms with Crippen LogP contribution in [0.3, 0.4) is 0 Å². The molecule has 2 aromatic heterocycles. The number of pyridine rings is 1. The van der Waals surface area contributed by atoms with Crippen LogP contribution >= 0.6 is 0 Å². The molecular formula is C30H40N8O3. The van der Waals surface area contributed by atoms with Gasteiger partial charge in [-0.2, -0.15) is 0 Å². The van der Waals surface area contributed by atoms with E-state index in [1.165, 1.54) is 0 Å². The third-order valence-corrected chi connectivity index (χ3v) is 8.36.